The van der Waals surface area contributed by atoms with Gasteiger partial charge in [-0.1, -0.05) is 11.6 Å². The first-order valence-electron chi connectivity index (χ1n) is 4.48. The lowest BCUT2D eigenvalue weighted by Crippen LogP contribution is -1.99. The molecule has 0 atom stereocenters. The second kappa shape index (κ2) is 4.70. The summed E-state index contributed by atoms with van der Waals surface area (Å²) in [4.78, 5) is 0. The van der Waals surface area contributed by atoms with E-state index in [1.165, 1.54) is 0 Å². The highest BCUT2D eigenvalue weighted by Gasteiger charge is 2.22. The Morgan fingerprint density at radius 2 is 2.07 bits per heavy atom. The lowest BCUT2D eigenvalue weighted by Gasteiger charge is -2.13. The van der Waals surface area contributed by atoms with Gasteiger partial charge >= 0.3 is 0 Å². The molecule has 1 aromatic rings. The van der Waals surface area contributed by atoms with E-state index in [4.69, 9.17) is 25.8 Å². The van der Waals surface area contributed by atoms with Crippen molar-refractivity contribution in [2.75, 3.05) is 20.3 Å². The van der Waals surface area contributed by atoms with Gasteiger partial charge in [0.25, 0.3) is 0 Å². The van der Waals surface area contributed by atoms with Crippen LogP contribution in [0.3, 0.4) is 0 Å². The van der Waals surface area contributed by atoms with Gasteiger partial charge in [0, 0.05) is 11.6 Å². The van der Waals surface area contributed by atoms with Crippen LogP contribution in [0.4, 0.5) is 0 Å². The Morgan fingerprint density at radius 3 is 2.67 bits per heavy atom. The summed E-state index contributed by atoms with van der Waals surface area (Å²) in [5.74, 6) is 0.696. The molecule has 0 unspecified atom stereocenters. The van der Waals surface area contributed by atoms with E-state index in [1.807, 2.05) is 6.07 Å². The standard InChI is InChI=1S/C10H10BrClO3/c1-13-9-5-8(12)6(4-7(9)11)10-14-2-3-15-10/h4-5,10H,2-3H2,1H3. The van der Waals surface area contributed by atoms with Gasteiger partial charge in [-0.15, -0.1) is 0 Å². The molecule has 15 heavy (non-hydrogen) atoms. The Balaban J connectivity index is 2.35. The van der Waals surface area contributed by atoms with E-state index in [0.717, 1.165) is 10.0 Å². The van der Waals surface area contributed by atoms with Crippen molar-refractivity contribution in [2.24, 2.45) is 0 Å². The molecular formula is C10H10BrClO3. The van der Waals surface area contributed by atoms with Crippen LogP contribution in [0.5, 0.6) is 5.75 Å². The number of hydrogen-bond acceptors (Lipinski definition) is 3. The van der Waals surface area contributed by atoms with Crippen LogP contribution in [0, 0.1) is 0 Å². The summed E-state index contributed by atoms with van der Waals surface area (Å²) in [6.07, 6.45) is -0.361. The van der Waals surface area contributed by atoms with E-state index in [-0.39, 0.29) is 6.29 Å². The normalized spacial score (nSPS) is 17.0. The third-order valence-corrected chi connectivity index (χ3v) is 3.09. The second-order valence-corrected chi connectivity index (χ2v) is 4.34. The first-order chi connectivity index (χ1) is 7.22. The third-order valence-electron chi connectivity index (χ3n) is 2.15. The van der Waals surface area contributed by atoms with Crippen LogP contribution in [0.15, 0.2) is 16.6 Å². The second-order valence-electron chi connectivity index (χ2n) is 3.08. The molecule has 5 heteroatoms. The summed E-state index contributed by atoms with van der Waals surface area (Å²) >= 11 is 9.49. The van der Waals surface area contributed by atoms with Gasteiger partial charge in [-0.25, -0.2) is 0 Å². The van der Waals surface area contributed by atoms with Gasteiger partial charge in [0.1, 0.15) is 5.75 Å². The van der Waals surface area contributed by atoms with Gasteiger partial charge in [-0.3, -0.25) is 0 Å². The molecule has 1 heterocycles. The maximum atomic E-state index is 6.10. The molecule has 0 aliphatic carbocycles. The van der Waals surface area contributed by atoms with E-state index in [2.05, 4.69) is 15.9 Å². The van der Waals surface area contributed by atoms with Gasteiger partial charge in [0.2, 0.25) is 0 Å². The SMILES string of the molecule is COc1cc(Cl)c(C2OCCO2)cc1Br. The Kier molecular flexibility index (Phi) is 3.51. The highest BCUT2D eigenvalue weighted by atomic mass is 79.9. The van der Waals surface area contributed by atoms with Crippen LogP contribution < -0.4 is 4.74 Å². The highest BCUT2D eigenvalue weighted by molar-refractivity contribution is 9.10. The molecule has 0 aromatic heterocycles. The Morgan fingerprint density at radius 1 is 1.40 bits per heavy atom. The van der Waals surface area contributed by atoms with Crippen molar-refractivity contribution in [2.45, 2.75) is 6.29 Å². The predicted octanol–water partition coefficient (Wildman–Crippen LogP) is 3.16. The van der Waals surface area contributed by atoms with E-state index < -0.39 is 0 Å². The zero-order chi connectivity index (χ0) is 10.8. The fourth-order valence-electron chi connectivity index (χ4n) is 1.42. The molecule has 0 spiro atoms. The number of hydrogen-bond donors (Lipinski definition) is 0. The smallest absolute Gasteiger partial charge is 0.185 e. The molecule has 0 saturated carbocycles. The minimum Gasteiger partial charge on any atom is -0.496 e. The summed E-state index contributed by atoms with van der Waals surface area (Å²) in [7, 11) is 1.60. The molecule has 1 aliphatic rings. The summed E-state index contributed by atoms with van der Waals surface area (Å²) < 4.78 is 16.7. The maximum absolute atomic E-state index is 6.10. The fraction of sp³-hybridized carbons (Fsp3) is 0.400. The number of benzene rings is 1. The maximum Gasteiger partial charge on any atom is 0.185 e. The van der Waals surface area contributed by atoms with Crippen molar-refractivity contribution in [1.82, 2.24) is 0 Å². The van der Waals surface area contributed by atoms with E-state index in [0.29, 0.717) is 24.0 Å². The highest BCUT2D eigenvalue weighted by Crippen LogP contribution is 2.36. The quantitative estimate of drug-likeness (QED) is 0.838. The summed E-state index contributed by atoms with van der Waals surface area (Å²) in [6, 6.07) is 3.60. The predicted molar refractivity (Wildman–Crippen MR) is 60.3 cm³/mol. The molecule has 1 saturated heterocycles. The summed E-state index contributed by atoms with van der Waals surface area (Å²) in [5.41, 5.74) is 0.821. The van der Waals surface area contributed by atoms with Crippen LogP contribution in [0.1, 0.15) is 11.9 Å². The van der Waals surface area contributed by atoms with Crippen molar-refractivity contribution in [3.8, 4) is 5.75 Å². The van der Waals surface area contributed by atoms with E-state index >= 15 is 0 Å². The first-order valence-corrected chi connectivity index (χ1v) is 5.65. The molecule has 0 amide bonds. The van der Waals surface area contributed by atoms with E-state index in [1.54, 1.807) is 13.2 Å². The molecule has 0 bridgehead atoms. The van der Waals surface area contributed by atoms with Crippen LogP contribution >= 0.6 is 27.5 Å². The molecule has 1 fully saturated rings. The topological polar surface area (TPSA) is 27.7 Å². The average Bonchev–Trinajstić information content (AvgIpc) is 2.74. The number of halogens is 2. The van der Waals surface area contributed by atoms with Crippen molar-refractivity contribution < 1.29 is 14.2 Å². The molecule has 82 valence electrons. The molecular weight excluding hydrogens is 283 g/mol. The fourth-order valence-corrected chi connectivity index (χ4v) is 2.18. The number of ether oxygens (including phenoxy) is 3. The Bertz CT molecular complexity index is 364. The van der Waals surface area contributed by atoms with Crippen molar-refractivity contribution in [3.05, 3.63) is 27.2 Å². The van der Waals surface area contributed by atoms with Gasteiger partial charge < -0.3 is 14.2 Å². The zero-order valence-electron chi connectivity index (χ0n) is 8.13. The van der Waals surface area contributed by atoms with Crippen LogP contribution in [-0.4, -0.2) is 20.3 Å². The molecule has 0 radical (unpaired) electrons. The summed E-state index contributed by atoms with van der Waals surface area (Å²) in [5, 5.41) is 0.585. The van der Waals surface area contributed by atoms with Crippen molar-refractivity contribution in [1.29, 1.82) is 0 Å². The molecule has 2 rings (SSSR count). The van der Waals surface area contributed by atoms with E-state index in [9.17, 15) is 0 Å². The summed E-state index contributed by atoms with van der Waals surface area (Å²) in [6.45, 7) is 1.20. The van der Waals surface area contributed by atoms with Crippen molar-refractivity contribution >= 4 is 27.5 Å². The molecule has 1 aliphatic heterocycles. The third kappa shape index (κ3) is 2.28. The number of rotatable bonds is 2. The molecule has 3 nitrogen and oxygen atoms in total. The van der Waals surface area contributed by atoms with Gasteiger partial charge in [0.15, 0.2) is 6.29 Å². The minimum absolute atomic E-state index is 0.361. The van der Waals surface area contributed by atoms with Gasteiger partial charge in [-0.05, 0) is 22.0 Å². The van der Waals surface area contributed by atoms with Crippen molar-refractivity contribution in [3.63, 3.8) is 0 Å². The van der Waals surface area contributed by atoms with Crippen LogP contribution in [-0.2, 0) is 9.47 Å². The van der Waals surface area contributed by atoms with Crippen LogP contribution in [0.2, 0.25) is 5.02 Å². The molecule has 1 aromatic carbocycles. The molecule has 0 N–H and O–H groups in total. The lowest BCUT2D eigenvalue weighted by atomic mass is 10.2. The minimum atomic E-state index is -0.361. The Labute approximate surface area is 101 Å². The zero-order valence-corrected chi connectivity index (χ0v) is 10.5. The van der Waals surface area contributed by atoms with Crippen LogP contribution in [0.25, 0.3) is 0 Å². The largest absolute Gasteiger partial charge is 0.496 e. The number of methoxy groups -OCH3 is 1. The monoisotopic (exact) mass is 292 g/mol. The van der Waals surface area contributed by atoms with Gasteiger partial charge in [-0.2, -0.15) is 0 Å². The average molecular weight is 294 g/mol. The Hall–Kier alpha value is -0.290. The first kappa shape index (κ1) is 11.2. The van der Waals surface area contributed by atoms with Gasteiger partial charge in [0.05, 0.1) is 29.8 Å². The lowest BCUT2D eigenvalue weighted by molar-refractivity contribution is -0.0440.